The van der Waals surface area contributed by atoms with Crippen molar-refractivity contribution in [3.05, 3.63) is 51.7 Å². The van der Waals surface area contributed by atoms with Crippen LogP contribution in [0.2, 0.25) is 5.02 Å². The zero-order valence-corrected chi connectivity index (χ0v) is 14.0. The van der Waals surface area contributed by atoms with Crippen molar-refractivity contribution >= 4 is 34.3 Å². The third kappa shape index (κ3) is 2.85. The summed E-state index contributed by atoms with van der Waals surface area (Å²) >= 11 is 6.08. The zero-order valence-electron chi connectivity index (χ0n) is 13.2. The molecule has 0 amide bonds. The number of aryl methyl sites for hydroxylation is 1. The fourth-order valence-electron chi connectivity index (χ4n) is 2.30. The van der Waals surface area contributed by atoms with Crippen molar-refractivity contribution in [1.82, 2.24) is 19.6 Å². The van der Waals surface area contributed by atoms with E-state index in [0.717, 1.165) is 10.9 Å². The lowest BCUT2D eigenvalue weighted by molar-refractivity contribution is 0.272. The summed E-state index contributed by atoms with van der Waals surface area (Å²) < 4.78 is 8.08. The second-order valence-corrected chi connectivity index (χ2v) is 5.51. The maximum atomic E-state index is 12.4. The molecule has 0 aliphatic carbocycles. The monoisotopic (exact) mass is 345 g/mol. The van der Waals surface area contributed by atoms with Gasteiger partial charge < -0.3 is 10.5 Å². The number of aromatic nitrogens is 4. The number of nitrogen functional groups attached to an aromatic ring is 1. The second-order valence-electron chi connectivity index (χ2n) is 5.13. The molecule has 2 N–H and O–H groups in total. The van der Waals surface area contributed by atoms with E-state index in [-0.39, 0.29) is 10.7 Å². The molecule has 0 bridgehead atoms. The highest BCUT2D eigenvalue weighted by Crippen LogP contribution is 2.21. The topological polar surface area (TPSA) is 88.0 Å². The Kier molecular flexibility index (Phi) is 4.26. The molecule has 0 unspecified atom stereocenters. The first-order chi connectivity index (χ1) is 11.5. The van der Waals surface area contributed by atoms with E-state index < -0.39 is 5.56 Å². The number of hydrogen-bond donors (Lipinski definition) is 1. The van der Waals surface area contributed by atoms with Crippen LogP contribution in [0, 0.1) is 0 Å². The quantitative estimate of drug-likeness (QED) is 0.733. The Bertz CT molecular complexity index is 990. The fourth-order valence-corrected chi connectivity index (χ4v) is 2.48. The molecule has 8 heteroatoms. The summed E-state index contributed by atoms with van der Waals surface area (Å²) in [6.45, 7) is 2.37. The van der Waals surface area contributed by atoms with Crippen molar-refractivity contribution < 1.29 is 4.74 Å². The van der Waals surface area contributed by atoms with Crippen LogP contribution in [0.1, 0.15) is 12.6 Å². The van der Waals surface area contributed by atoms with Crippen LogP contribution < -0.4 is 11.3 Å². The Morgan fingerprint density at radius 3 is 2.92 bits per heavy atom. The molecular formula is C16H16ClN5O2. The van der Waals surface area contributed by atoms with Crippen LogP contribution in [-0.2, 0) is 11.8 Å². The van der Waals surface area contributed by atoms with Gasteiger partial charge in [-0.3, -0.25) is 9.48 Å². The number of fused-ring (bicyclic) bond motifs is 1. The number of halogens is 1. The Labute approximate surface area is 142 Å². The van der Waals surface area contributed by atoms with Gasteiger partial charge in [0.1, 0.15) is 10.7 Å². The number of hydrogen-bond acceptors (Lipinski definition) is 5. The van der Waals surface area contributed by atoms with Gasteiger partial charge in [0.2, 0.25) is 0 Å². The highest BCUT2D eigenvalue weighted by atomic mass is 35.5. The number of anilines is 1. The predicted molar refractivity (Wildman–Crippen MR) is 94.2 cm³/mol. The normalized spacial score (nSPS) is 11.5. The van der Waals surface area contributed by atoms with Crippen molar-refractivity contribution in [2.45, 2.75) is 6.92 Å². The maximum absolute atomic E-state index is 12.4. The molecule has 0 aliphatic rings. The zero-order chi connectivity index (χ0) is 17.3. The summed E-state index contributed by atoms with van der Waals surface area (Å²) in [6.07, 6.45) is 4.90. The molecule has 0 fully saturated rings. The van der Waals surface area contributed by atoms with Crippen molar-refractivity contribution in [1.29, 1.82) is 0 Å². The highest BCUT2D eigenvalue weighted by Gasteiger charge is 2.14. The molecule has 3 aromatic rings. The molecule has 2 heterocycles. The van der Waals surface area contributed by atoms with Gasteiger partial charge >= 0.3 is 0 Å². The third-order valence-corrected chi connectivity index (χ3v) is 3.80. The van der Waals surface area contributed by atoms with Crippen LogP contribution in [0.4, 0.5) is 5.69 Å². The summed E-state index contributed by atoms with van der Waals surface area (Å²) in [5, 5.41) is 9.41. The lowest BCUT2D eigenvalue weighted by Crippen LogP contribution is -2.24. The van der Waals surface area contributed by atoms with E-state index in [4.69, 9.17) is 22.1 Å². The smallest absolute Gasteiger partial charge is 0.292 e. The molecule has 0 saturated carbocycles. The van der Waals surface area contributed by atoms with E-state index in [2.05, 4.69) is 10.2 Å². The average Bonchev–Trinajstić information content (AvgIpc) is 2.94. The van der Waals surface area contributed by atoms with Crippen molar-refractivity contribution in [2.75, 3.05) is 12.3 Å². The van der Waals surface area contributed by atoms with Crippen LogP contribution >= 0.6 is 11.6 Å². The molecule has 0 radical (unpaired) electrons. The summed E-state index contributed by atoms with van der Waals surface area (Å²) in [6, 6.07) is 5.39. The van der Waals surface area contributed by atoms with Crippen LogP contribution in [0.5, 0.6) is 0 Å². The second kappa shape index (κ2) is 6.37. The summed E-state index contributed by atoms with van der Waals surface area (Å²) in [5.74, 6) is 0. The van der Waals surface area contributed by atoms with Crippen molar-refractivity contribution in [3.8, 4) is 5.69 Å². The van der Waals surface area contributed by atoms with Crippen LogP contribution in [-0.4, -0.2) is 26.2 Å². The molecule has 3 rings (SSSR count). The van der Waals surface area contributed by atoms with E-state index in [1.54, 1.807) is 16.8 Å². The van der Waals surface area contributed by atoms with Gasteiger partial charge in [0.15, 0.2) is 0 Å². The SMILES string of the molecule is CCO/C=C/c1nn(-c2ccc3nn(C)cc3c2)c(=O)c(Cl)c1N. The number of nitrogens with two attached hydrogens (primary N) is 1. The number of benzene rings is 1. The van der Waals surface area contributed by atoms with Gasteiger partial charge in [-0.1, -0.05) is 11.6 Å². The molecule has 0 aliphatic heterocycles. The summed E-state index contributed by atoms with van der Waals surface area (Å²) in [4.78, 5) is 12.4. The van der Waals surface area contributed by atoms with E-state index >= 15 is 0 Å². The summed E-state index contributed by atoms with van der Waals surface area (Å²) in [5.41, 5.74) is 7.28. The first-order valence-corrected chi connectivity index (χ1v) is 7.69. The Hall–Kier alpha value is -2.80. The van der Waals surface area contributed by atoms with Crippen LogP contribution in [0.15, 0.2) is 35.5 Å². The Morgan fingerprint density at radius 2 is 2.17 bits per heavy atom. The molecule has 124 valence electrons. The lowest BCUT2D eigenvalue weighted by Gasteiger charge is -2.09. The van der Waals surface area contributed by atoms with Crippen molar-refractivity contribution in [3.63, 3.8) is 0 Å². The van der Waals surface area contributed by atoms with Crippen LogP contribution in [0.3, 0.4) is 0 Å². The van der Waals surface area contributed by atoms with Crippen molar-refractivity contribution in [2.24, 2.45) is 7.05 Å². The van der Waals surface area contributed by atoms with Gasteiger partial charge in [-0.15, -0.1) is 0 Å². The Morgan fingerprint density at radius 1 is 1.38 bits per heavy atom. The molecule has 0 saturated heterocycles. The molecule has 0 spiro atoms. The third-order valence-electron chi connectivity index (χ3n) is 3.44. The van der Waals surface area contributed by atoms with Gasteiger partial charge in [0, 0.05) is 24.7 Å². The summed E-state index contributed by atoms with van der Waals surface area (Å²) in [7, 11) is 1.83. The maximum Gasteiger partial charge on any atom is 0.292 e. The van der Waals surface area contributed by atoms with Crippen LogP contribution in [0.25, 0.3) is 22.7 Å². The molecular weight excluding hydrogens is 330 g/mol. The van der Waals surface area contributed by atoms with E-state index in [1.165, 1.54) is 10.9 Å². The minimum atomic E-state index is -0.481. The predicted octanol–water partition coefficient (Wildman–Crippen LogP) is 2.36. The fraction of sp³-hybridized carbons (Fsp3) is 0.188. The van der Waals surface area contributed by atoms with Gasteiger partial charge in [0.25, 0.3) is 5.56 Å². The highest BCUT2D eigenvalue weighted by molar-refractivity contribution is 6.33. The number of ether oxygens (including phenoxy) is 1. The average molecular weight is 346 g/mol. The Balaban J connectivity index is 2.16. The van der Waals surface area contributed by atoms with Gasteiger partial charge in [-0.25, -0.2) is 0 Å². The van der Waals surface area contributed by atoms with Gasteiger partial charge in [0.05, 0.1) is 29.8 Å². The van der Waals surface area contributed by atoms with E-state index in [1.807, 2.05) is 32.3 Å². The van der Waals surface area contributed by atoms with E-state index in [0.29, 0.717) is 18.0 Å². The molecule has 7 nitrogen and oxygen atoms in total. The largest absolute Gasteiger partial charge is 0.501 e. The van der Waals surface area contributed by atoms with Gasteiger partial charge in [-0.2, -0.15) is 14.9 Å². The first-order valence-electron chi connectivity index (χ1n) is 7.31. The van der Waals surface area contributed by atoms with Gasteiger partial charge in [-0.05, 0) is 25.1 Å². The minimum Gasteiger partial charge on any atom is -0.501 e. The lowest BCUT2D eigenvalue weighted by atomic mass is 10.2. The minimum absolute atomic E-state index is 0.0765. The standard InChI is InChI=1S/C16H16ClN5O2/c1-3-24-7-6-13-15(18)14(17)16(23)22(20-13)11-4-5-12-10(8-11)9-21(2)19-12/h4-9H,3,18H2,1-2H3/b7-6+. The number of nitrogens with zero attached hydrogens (tertiary/aromatic N) is 4. The number of rotatable bonds is 4. The van der Waals surface area contributed by atoms with E-state index in [9.17, 15) is 4.79 Å². The molecule has 1 aromatic carbocycles. The molecule has 2 aromatic heterocycles. The molecule has 24 heavy (non-hydrogen) atoms. The first kappa shape index (κ1) is 16.1. The molecule has 0 atom stereocenters.